The number of hydrogen-bond acceptors (Lipinski definition) is 5. The molecule has 0 unspecified atom stereocenters. The fraction of sp³-hybridized carbons (Fsp3) is 0.263. The average Bonchev–Trinajstić information content (AvgIpc) is 2.68. The summed E-state index contributed by atoms with van der Waals surface area (Å²) in [4.78, 5) is 27.1. The van der Waals surface area contributed by atoms with Crippen LogP contribution in [0.4, 0.5) is 5.82 Å². The van der Waals surface area contributed by atoms with E-state index in [1.54, 1.807) is 12.4 Å². The van der Waals surface area contributed by atoms with Crippen molar-refractivity contribution in [3.05, 3.63) is 60.7 Å². The highest BCUT2D eigenvalue weighted by atomic mass is 16.2. The van der Waals surface area contributed by atoms with Gasteiger partial charge in [0.2, 0.25) is 0 Å². The van der Waals surface area contributed by atoms with Crippen LogP contribution >= 0.6 is 0 Å². The molecule has 4 rings (SSSR count). The first-order valence-electron chi connectivity index (χ1n) is 8.46. The molecule has 0 bridgehead atoms. The van der Waals surface area contributed by atoms with Crippen molar-refractivity contribution in [2.75, 3.05) is 18.4 Å². The van der Waals surface area contributed by atoms with E-state index in [1.165, 1.54) is 6.33 Å². The molecule has 1 aromatic carbocycles. The molecule has 1 fully saturated rings. The molecule has 1 saturated heterocycles. The van der Waals surface area contributed by atoms with Gasteiger partial charge in [-0.3, -0.25) is 9.78 Å². The number of benzene rings is 1. The zero-order valence-electron chi connectivity index (χ0n) is 13.8. The van der Waals surface area contributed by atoms with Crippen LogP contribution in [-0.2, 0) is 0 Å². The van der Waals surface area contributed by atoms with Crippen molar-refractivity contribution in [1.29, 1.82) is 0 Å². The van der Waals surface area contributed by atoms with Crippen LogP contribution < -0.4 is 5.32 Å². The van der Waals surface area contributed by atoms with Gasteiger partial charge in [0.15, 0.2) is 0 Å². The van der Waals surface area contributed by atoms with Gasteiger partial charge in [-0.05, 0) is 43.2 Å². The maximum Gasteiger partial charge on any atom is 0.253 e. The molecule has 6 nitrogen and oxygen atoms in total. The Morgan fingerprint density at radius 3 is 2.76 bits per heavy atom. The van der Waals surface area contributed by atoms with Gasteiger partial charge in [-0.15, -0.1) is 0 Å². The van der Waals surface area contributed by atoms with Gasteiger partial charge < -0.3 is 10.2 Å². The van der Waals surface area contributed by atoms with Crippen LogP contribution in [0.25, 0.3) is 10.9 Å². The number of pyridine rings is 1. The second-order valence-corrected chi connectivity index (χ2v) is 6.22. The largest absolute Gasteiger partial charge is 0.367 e. The Bertz CT molecular complexity index is 875. The van der Waals surface area contributed by atoms with Gasteiger partial charge in [-0.1, -0.05) is 6.07 Å². The zero-order valence-corrected chi connectivity index (χ0v) is 13.8. The highest BCUT2D eigenvalue weighted by Crippen LogP contribution is 2.19. The Balaban J connectivity index is 1.40. The van der Waals surface area contributed by atoms with E-state index >= 15 is 0 Å². The zero-order chi connectivity index (χ0) is 17.1. The number of carbonyl (C=O) groups is 1. The summed E-state index contributed by atoms with van der Waals surface area (Å²) < 4.78 is 0. The molecular formula is C19H19N5O. The molecule has 0 radical (unpaired) electrons. The topological polar surface area (TPSA) is 71.0 Å². The Kier molecular flexibility index (Phi) is 4.24. The molecule has 1 aliphatic rings. The molecule has 1 N–H and O–H groups in total. The first-order valence-corrected chi connectivity index (χ1v) is 8.46. The normalized spacial score (nSPS) is 15.3. The minimum absolute atomic E-state index is 0.0891. The summed E-state index contributed by atoms with van der Waals surface area (Å²) in [5.41, 5.74) is 1.63. The number of hydrogen-bond donors (Lipinski definition) is 1. The Morgan fingerprint density at radius 2 is 1.96 bits per heavy atom. The average molecular weight is 333 g/mol. The van der Waals surface area contributed by atoms with Gasteiger partial charge in [0.05, 0.1) is 5.52 Å². The first kappa shape index (κ1) is 15.5. The molecule has 3 aromatic rings. The van der Waals surface area contributed by atoms with Crippen molar-refractivity contribution < 1.29 is 4.79 Å². The van der Waals surface area contributed by atoms with Gasteiger partial charge in [-0.25, -0.2) is 9.97 Å². The van der Waals surface area contributed by atoms with E-state index < -0.39 is 0 Å². The third kappa shape index (κ3) is 3.42. The molecule has 3 heterocycles. The number of nitrogens with zero attached hydrogens (tertiary/aromatic N) is 4. The lowest BCUT2D eigenvalue weighted by Crippen LogP contribution is -2.42. The van der Waals surface area contributed by atoms with Gasteiger partial charge in [-0.2, -0.15) is 0 Å². The molecule has 0 saturated carbocycles. The van der Waals surface area contributed by atoms with Crippen LogP contribution in [-0.4, -0.2) is 44.9 Å². The fourth-order valence-electron chi connectivity index (χ4n) is 3.20. The third-order valence-corrected chi connectivity index (χ3v) is 4.57. The van der Waals surface area contributed by atoms with Crippen molar-refractivity contribution in [1.82, 2.24) is 19.9 Å². The number of carbonyl (C=O) groups excluding carboxylic acids is 1. The number of anilines is 1. The lowest BCUT2D eigenvalue weighted by Gasteiger charge is -2.32. The number of nitrogens with one attached hydrogen (secondary N) is 1. The minimum Gasteiger partial charge on any atom is -0.367 e. The van der Waals surface area contributed by atoms with E-state index in [0.717, 1.165) is 48.2 Å². The van der Waals surface area contributed by atoms with Crippen molar-refractivity contribution in [2.45, 2.75) is 18.9 Å². The maximum atomic E-state index is 12.8. The molecule has 0 atom stereocenters. The van der Waals surface area contributed by atoms with Crippen LogP contribution in [0.5, 0.6) is 0 Å². The molecule has 1 amide bonds. The quantitative estimate of drug-likeness (QED) is 0.798. The van der Waals surface area contributed by atoms with Crippen LogP contribution in [0.3, 0.4) is 0 Å². The molecule has 2 aromatic heterocycles. The van der Waals surface area contributed by atoms with Gasteiger partial charge >= 0.3 is 0 Å². The number of piperidine rings is 1. The second-order valence-electron chi connectivity index (χ2n) is 6.22. The number of fused-ring (bicyclic) bond motifs is 1. The maximum absolute atomic E-state index is 12.8. The van der Waals surface area contributed by atoms with E-state index in [-0.39, 0.29) is 5.91 Å². The van der Waals surface area contributed by atoms with E-state index in [0.29, 0.717) is 6.04 Å². The second kappa shape index (κ2) is 6.84. The lowest BCUT2D eigenvalue weighted by molar-refractivity contribution is 0.0718. The Labute approximate surface area is 145 Å². The summed E-state index contributed by atoms with van der Waals surface area (Å²) in [5.74, 6) is 0.924. The van der Waals surface area contributed by atoms with Gasteiger partial charge in [0, 0.05) is 42.5 Å². The number of amides is 1. The fourth-order valence-corrected chi connectivity index (χ4v) is 3.20. The predicted molar refractivity (Wildman–Crippen MR) is 96.3 cm³/mol. The molecule has 1 aliphatic heterocycles. The van der Waals surface area contributed by atoms with E-state index in [9.17, 15) is 4.79 Å². The highest BCUT2D eigenvalue weighted by molar-refractivity contribution is 5.98. The van der Waals surface area contributed by atoms with Crippen molar-refractivity contribution >= 4 is 22.6 Å². The number of likely N-dealkylation sites (tertiary alicyclic amines) is 1. The van der Waals surface area contributed by atoms with Crippen molar-refractivity contribution in [2.24, 2.45) is 0 Å². The van der Waals surface area contributed by atoms with Crippen molar-refractivity contribution in [3.8, 4) is 0 Å². The van der Waals surface area contributed by atoms with E-state index in [4.69, 9.17) is 0 Å². The van der Waals surface area contributed by atoms with E-state index in [1.807, 2.05) is 41.3 Å². The third-order valence-electron chi connectivity index (χ3n) is 4.57. The van der Waals surface area contributed by atoms with Crippen LogP contribution in [0.1, 0.15) is 23.2 Å². The van der Waals surface area contributed by atoms with Gasteiger partial charge in [0.1, 0.15) is 12.1 Å². The summed E-state index contributed by atoms with van der Waals surface area (Å²) in [6, 6.07) is 11.8. The van der Waals surface area contributed by atoms with E-state index in [2.05, 4.69) is 20.3 Å². The summed E-state index contributed by atoms with van der Waals surface area (Å²) in [6.45, 7) is 1.49. The monoisotopic (exact) mass is 333 g/mol. The van der Waals surface area contributed by atoms with Crippen LogP contribution in [0.15, 0.2) is 55.1 Å². The summed E-state index contributed by atoms with van der Waals surface area (Å²) >= 11 is 0. The minimum atomic E-state index is 0.0891. The lowest BCUT2D eigenvalue weighted by atomic mass is 10.0. The number of rotatable bonds is 3. The highest BCUT2D eigenvalue weighted by Gasteiger charge is 2.23. The SMILES string of the molecule is O=C(c1ccc2ncccc2c1)N1CCC(Nc2ccncn2)CC1. The Morgan fingerprint density at radius 1 is 1.08 bits per heavy atom. The molecule has 6 heteroatoms. The molecule has 25 heavy (non-hydrogen) atoms. The molecule has 126 valence electrons. The predicted octanol–water partition coefficient (Wildman–Crippen LogP) is 2.74. The summed E-state index contributed by atoms with van der Waals surface area (Å²) in [6.07, 6.45) is 6.84. The smallest absolute Gasteiger partial charge is 0.253 e. The Hall–Kier alpha value is -3.02. The standard InChI is InChI=1S/C19H19N5O/c25-19(15-3-4-17-14(12-15)2-1-8-21-17)24-10-6-16(7-11-24)23-18-5-9-20-13-22-18/h1-5,8-9,12-13,16H,6-7,10-11H2,(H,20,22,23). The van der Waals surface area contributed by atoms with Gasteiger partial charge in [0.25, 0.3) is 5.91 Å². The summed E-state index contributed by atoms with van der Waals surface area (Å²) in [5, 5.41) is 4.40. The first-order chi connectivity index (χ1) is 12.3. The van der Waals surface area contributed by atoms with Crippen LogP contribution in [0, 0.1) is 0 Å². The molecule has 0 spiro atoms. The summed E-state index contributed by atoms with van der Waals surface area (Å²) in [7, 11) is 0. The van der Waals surface area contributed by atoms with Crippen molar-refractivity contribution in [3.63, 3.8) is 0 Å². The molecule has 0 aliphatic carbocycles. The number of aromatic nitrogens is 3. The molecular weight excluding hydrogens is 314 g/mol. The van der Waals surface area contributed by atoms with Crippen LogP contribution in [0.2, 0.25) is 0 Å².